The van der Waals surface area contributed by atoms with Gasteiger partial charge in [0.25, 0.3) is 0 Å². The van der Waals surface area contributed by atoms with Crippen molar-refractivity contribution in [1.29, 1.82) is 0 Å². The highest BCUT2D eigenvalue weighted by atomic mass is 32.2. The van der Waals surface area contributed by atoms with Crippen LogP contribution in [0.2, 0.25) is 0 Å². The number of hydrogen-bond acceptors (Lipinski definition) is 7. The second-order valence-corrected chi connectivity index (χ2v) is 9.69. The first-order valence-electron chi connectivity index (χ1n) is 10.9. The molecular formula is C25H26N4O3S2. The molecule has 0 radical (unpaired) electrons. The van der Waals surface area contributed by atoms with Gasteiger partial charge >= 0.3 is 0 Å². The summed E-state index contributed by atoms with van der Waals surface area (Å²) in [6, 6.07) is 19.4. The average Bonchev–Trinajstić information content (AvgIpc) is 3.53. The molecule has 2 aromatic heterocycles. The fourth-order valence-corrected chi connectivity index (χ4v) is 4.84. The summed E-state index contributed by atoms with van der Waals surface area (Å²) in [5.41, 5.74) is 1.77. The molecule has 0 aliphatic carbocycles. The highest BCUT2D eigenvalue weighted by molar-refractivity contribution is 8.00. The molecule has 34 heavy (non-hydrogen) atoms. The molecule has 0 bridgehead atoms. The second-order valence-electron chi connectivity index (χ2n) is 7.35. The predicted molar refractivity (Wildman–Crippen MR) is 136 cm³/mol. The highest BCUT2D eigenvalue weighted by Crippen LogP contribution is 2.31. The summed E-state index contributed by atoms with van der Waals surface area (Å²) < 4.78 is 12.8. The lowest BCUT2D eigenvalue weighted by Gasteiger charge is -2.14. The Morgan fingerprint density at radius 1 is 1.09 bits per heavy atom. The quantitative estimate of drug-likeness (QED) is 0.305. The summed E-state index contributed by atoms with van der Waals surface area (Å²) in [4.78, 5) is 13.9. The minimum atomic E-state index is -0.352. The molecule has 176 valence electrons. The molecule has 1 atom stereocenters. The van der Waals surface area contributed by atoms with E-state index >= 15 is 0 Å². The van der Waals surface area contributed by atoms with Crippen molar-refractivity contribution in [1.82, 2.24) is 20.1 Å². The van der Waals surface area contributed by atoms with Crippen LogP contribution in [0.1, 0.15) is 18.7 Å². The third-order valence-corrected chi connectivity index (χ3v) is 6.97. The molecule has 4 rings (SSSR count). The molecule has 1 N–H and O–H groups in total. The zero-order valence-electron chi connectivity index (χ0n) is 19.2. The summed E-state index contributed by atoms with van der Waals surface area (Å²) in [5.74, 6) is 2.19. The van der Waals surface area contributed by atoms with E-state index in [1.807, 2.05) is 84.5 Å². The van der Waals surface area contributed by atoms with Crippen LogP contribution in [0.15, 0.2) is 71.2 Å². The summed E-state index contributed by atoms with van der Waals surface area (Å²) in [6.07, 6.45) is 0. The normalized spacial score (nSPS) is 11.7. The number of ether oxygens (including phenoxy) is 2. The van der Waals surface area contributed by atoms with Gasteiger partial charge in [0.05, 0.1) is 25.5 Å². The van der Waals surface area contributed by atoms with Crippen molar-refractivity contribution < 1.29 is 14.3 Å². The SMILES string of the molecule is CCOc1ccc(-n2c(SC(C)C(=O)NCc3cccs3)nnc2-c2ccc(OC)cc2)cc1. The topological polar surface area (TPSA) is 78.3 Å². The summed E-state index contributed by atoms with van der Waals surface area (Å²) in [5, 5.41) is 14.2. The van der Waals surface area contributed by atoms with Gasteiger partial charge in [-0.1, -0.05) is 17.8 Å². The van der Waals surface area contributed by atoms with E-state index in [0.29, 0.717) is 24.1 Å². The van der Waals surface area contributed by atoms with Crippen molar-refractivity contribution in [2.75, 3.05) is 13.7 Å². The maximum atomic E-state index is 12.7. The van der Waals surface area contributed by atoms with Gasteiger partial charge in [0.15, 0.2) is 11.0 Å². The van der Waals surface area contributed by atoms with E-state index in [1.165, 1.54) is 11.8 Å². The third kappa shape index (κ3) is 5.60. The van der Waals surface area contributed by atoms with Crippen molar-refractivity contribution in [3.05, 3.63) is 70.9 Å². The summed E-state index contributed by atoms with van der Waals surface area (Å²) in [7, 11) is 1.64. The van der Waals surface area contributed by atoms with Gasteiger partial charge in [-0.25, -0.2) is 0 Å². The molecule has 0 fully saturated rings. The molecule has 9 heteroatoms. The number of aromatic nitrogens is 3. The fourth-order valence-electron chi connectivity index (χ4n) is 3.31. The van der Waals surface area contributed by atoms with E-state index < -0.39 is 0 Å². The third-order valence-electron chi connectivity index (χ3n) is 5.06. The van der Waals surface area contributed by atoms with E-state index in [2.05, 4.69) is 15.5 Å². The zero-order chi connectivity index (χ0) is 23.9. The molecule has 0 aliphatic rings. The number of thiophene rings is 1. The van der Waals surface area contributed by atoms with Crippen molar-refractivity contribution in [2.45, 2.75) is 30.8 Å². The van der Waals surface area contributed by atoms with Gasteiger partial charge in [0, 0.05) is 16.1 Å². The van der Waals surface area contributed by atoms with Gasteiger partial charge in [-0.2, -0.15) is 0 Å². The Morgan fingerprint density at radius 2 is 1.82 bits per heavy atom. The number of rotatable bonds is 10. The predicted octanol–water partition coefficient (Wildman–Crippen LogP) is 5.20. The number of carbonyl (C=O) groups excluding carboxylic acids is 1. The Bertz CT molecular complexity index is 1210. The molecule has 2 aromatic carbocycles. The molecule has 1 amide bonds. The van der Waals surface area contributed by atoms with E-state index in [1.54, 1.807) is 18.4 Å². The van der Waals surface area contributed by atoms with Crippen molar-refractivity contribution in [2.24, 2.45) is 0 Å². The molecule has 0 saturated carbocycles. The van der Waals surface area contributed by atoms with E-state index in [-0.39, 0.29) is 11.2 Å². The van der Waals surface area contributed by atoms with Crippen molar-refractivity contribution >= 4 is 29.0 Å². The van der Waals surface area contributed by atoms with Crippen LogP contribution in [0.4, 0.5) is 0 Å². The number of benzene rings is 2. The Hall–Kier alpha value is -3.30. The molecule has 1 unspecified atom stereocenters. The molecule has 4 aromatic rings. The average molecular weight is 495 g/mol. The van der Waals surface area contributed by atoms with Gasteiger partial charge in [0.2, 0.25) is 5.91 Å². The smallest absolute Gasteiger partial charge is 0.233 e. The molecule has 0 aliphatic heterocycles. The lowest BCUT2D eigenvalue weighted by atomic mass is 10.2. The summed E-state index contributed by atoms with van der Waals surface area (Å²) in [6.45, 7) is 4.94. The second kappa shape index (κ2) is 11.2. The number of carbonyl (C=O) groups is 1. The Labute approximate surface area is 207 Å². The number of methoxy groups -OCH3 is 1. The Kier molecular flexibility index (Phi) is 7.87. The van der Waals surface area contributed by atoms with E-state index in [0.717, 1.165) is 27.6 Å². The van der Waals surface area contributed by atoms with Crippen LogP contribution >= 0.6 is 23.1 Å². The first-order valence-corrected chi connectivity index (χ1v) is 12.6. The van der Waals surface area contributed by atoms with Crippen LogP contribution in [-0.4, -0.2) is 39.6 Å². The Morgan fingerprint density at radius 3 is 2.47 bits per heavy atom. The van der Waals surface area contributed by atoms with Crippen LogP contribution in [0.25, 0.3) is 17.1 Å². The number of thioether (sulfide) groups is 1. The number of amides is 1. The molecule has 0 saturated heterocycles. The van der Waals surface area contributed by atoms with Crippen LogP contribution in [0, 0.1) is 0 Å². The van der Waals surface area contributed by atoms with Crippen LogP contribution < -0.4 is 14.8 Å². The van der Waals surface area contributed by atoms with E-state index in [4.69, 9.17) is 9.47 Å². The summed E-state index contributed by atoms with van der Waals surface area (Å²) >= 11 is 2.99. The lowest BCUT2D eigenvalue weighted by Crippen LogP contribution is -2.30. The van der Waals surface area contributed by atoms with Gasteiger partial charge in [0.1, 0.15) is 11.5 Å². The minimum Gasteiger partial charge on any atom is -0.497 e. The highest BCUT2D eigenvalue weighted by Gasteiger charge is 2.22. The lowest BCUT2D eigenvalue weighted by molar-refractivity contribution is -0.120. The Balaban J connectivity index is 1.61. The monoisotopic (exact) mass is 494 g/mol. The minimum absolute atomic E-state index is 0.0503. The zero-order valence-corrected chi connectivity index (χ0v) is 20.9. The van der Waals surface area contributed by atoms with E-state index in [9.17, 15) is 4.79 Å². The fraction of sp³-hybridized carbons (Fsp3) is 0.240. The number of nitrogens with zero attached hydrogens (tertiary/aromatic N) is 3. The van der Waals surface area contributed by atoms with Crippen LogP contribution in [-0.2, 0) is 11.3 Å². The number of hydrogen-bond donors (Lipinski definition) is 1. The van der Waals surface area contributed by atoms with Gasteiger partial charge in [-0.05, 0) is 73.8 Å². The van der Waals surface area contributed by atoms with Gasteiger partial charge < -0.3 is 14.8 Å². The first-order chi connectivity index (χ1) is 16.6. The van der Waals surface area contributed by atoms with Crippen molar-refractivity contribution in [3.8, 4) is 28.6 Å². The van der Waals surface area contributed by atoms with Crippen molar-refractivity contribution in [3.63, 3.8) is 0 Å². The number of nitrogens with one attached hydrogen (secondary N) is 1. The molecule has 0 spiro atoms. The first kappa shape index (κ1) is 23.8. The van der Waals surface area contributed by atoms with Gasteiger partial charge in [-0.3, -0.25) is 9.36 Å². The molecule has 7 nitrogen and oxygen atoms in total. The molecular weight excluding hydrogens is 468 g/mol. The largest absolute Gasteiger partial charge is 0.497 e. The maximum absolute atomic E-state index is 12.7. The molecule has 2 heterocycles. The van der Waals surface area contributed by atoms with Gasteiger partial charge in [-0.15, -0.1) is 21.5 Å². The standard InChI is InChI=1S/C25H26N4O3S2/c1-4-32-21-13-9-19(10-14-21)29-23(18-7-11-20(31-3)12-8-18)27-28-25(29)34-17(2)24(30)26-16-22-6-5-15-33-22/h5-15,17H,4,16H2,1-3H3,(H,26,30). The van der Waals surface area contributed by atoms with Crippen LogP contribution in [0.3, 0.4) is 0 Å². The van der Waals surface area contributed by atoms with Crippen LogP contribution in [0.5, 0.6) is 11.5 Å². The maximum Gasteiger partial charge on any atom is 0.233 e.